The van der Waals surface area contributed by atoms with Crippen molar-refractivity contribution in [3.63, 3.8) is 0 Å². The van der Waals surface area contributed by atoms with Crippen molar-refractivity contribution in [3.05, 3.63) is 29.8 Å². The minimum absolute atomic E-state index is 0.0172. The molecule has 1 aromatic rings. The van der Waals surface area contributed by atoms with E-state index in [4.69, 9.17) is 9.47 Å². The SMILES string of the molecule is COCCNC(=O)COc1ccc(CNC(C)(C)C)cc1. The Kier molecular flexibility index (Phi) is 7.19. The van der Waals surface area contributed by atoms with Gasteiger partial charge in [-0.1, -0.05) is 12.1 Å². The Morgan fingerprint density at radius 3 is 2.43 bits per heavy atom. The topological polar surface area (TPSA) is 59.6 Å². The molecule has 0 aliphatic heterocycles. The number of benzene rings is 1. The van der Waals surface area contributed by atoms with Gasteiger partial charge in [0.25, 0.3) is 5.91 Å². The Hall–Kier alpha value is -1.59. The van der Waals surface area contributed by atoms with Crippen molar-refractivity contribution in [1.29, 1.82) is 0 Å². The molecule has 0 aromatic heterocycles. The number of methoxy groups -OCH3 is 1. The van der Waals surface area contributed by atoms with Crippen LogP contribution in [-0.2, 0) is 16.1 Å². The van der Waals surface area contributed by atoms with E-state index < -0.39 is 0 Å². The maximum Gasteiger partial charge on any atom is 0.258 e. The van der Waals surface area contributed by atoms with Crippen molar-refractivity contribution < 1.29 is 14.3 Å². The van der Waals surface area contributed by atoms with Crippen LogP contribution in [-0.4, -0.2) is 38.3 Å². The molecule has 0 saturated carbocycles. The second kappa shape index (κ2) is 8.64. The maximum atomic E-state index is 11.5. The minimum atomic E-state index is -0.148. The van der Waals surface area contributed by atoms with Gasteiger partial charge in [0.2, 0.25) is 0 Å². The molecule has 0 spiro atoms. The summed E-state index contributed by atoms with van der Waals surface area (Å²) in [6.07, 6.45) is 0. The first-order valence-electron chi connectivity index (χ1n) is 7.13. The van der Waals surface area contributed by atoms with Crippen molar-refractivity contribution in [2.24, 2.45) is 0 Å². The summed E-state index contributed by atoms with van der Waals surface area (Å²) >= 11 is 0. The van der Waals surface area contributed by atoms with Gasteiger partial charge in [0.15, 0.2) is 6.61 Å². The Morgan fingerprint density at radius 2 is 1.86 bits per heavy atom. The third kappa shape index (κ3) is 8.32. The molecule has 1 amide bonds. The van der Waals surface area contributed by atoms with Crippen molar-refractivity contribution in [3.8, 4) is 5.75 Å². The van der Waals surface area contributed by atoms with Crippen molar-refractivity contribution in [2.75, 3.05) is 26.9 Å². The van der Waals surface area contributed by atoms with E-state index in [9.17, 15) is 4.79 Å². The zero-order chi connectivity index (χ0) is 15.7. The van der Waals surface area contributed by atoms with Gasteiger partial charge in [-0.3, -0.25) is 4.79 Å². The van der Waals surface area contributed by atoms with Gasteiger partial charge < -0.3 is 20.1 Å². The van der Waals surface area contributed by atoms with Gasteiger partial charge in [0, 0.05) is 25.7 Å². The molecule has 0 aliphatic carbocycles. The minimum Gasteiger partial charge on any atom is -0.484 e. The molecule has 0 aliphatic rings. The number of carbonyl (C=O) groups excluding carboxylic acids is 1. The summed E-state index contributed by atoms with van der Waals surface area (Å²) in [6, 6.07) is 7.75. The first-order chi connectivity index (χ1) is 9.90. The average Bonchev–Trinajstić information content (AvgIpc) is 2.43. The molecule has 1 aromatic carbocycles. The molecule has 1 rings (SSSR count). The Bertz CT molecular complexity index is 424. The number of carbonyl (C=O) groups is 1. The summed E-state index contributed by atoms with van der Waals surface area (Å²) in [7, 11) is 1.60. The summed E-state index contributed by atoms with van der Waals surface area (Å²) in [5, 5.41) is 6.12. The molecular formula is C16H26N2O3. The monoisotopic (exact) mass is 294 g/mol. The third-order valence-electron chi connectivity index (χ3n) is 2.74. The maximum absolute atomic E-state index is 11.5. The van der Waals surface area contributed by atoms with E-state index in [1.54, 1.807) is 7.11 Å². The second-order valence-electron chi connectivity index (χ2n) is 5.88. The lowest BCUT2D eigenvalue weighted by Crippen LogP contribution is -2.35. The molecule has 0 fully saturated rings. The highest BCUT2D eigenvalue weighted by Gasteiger charge is 2.08. The van der Waals surface area contributed by atoms with Gasteiger partial charge in [-0.15, -0.1) is 0 Å². The summed E-state index contributed by atoms with van der Waals surface area (Å²) < 4.78 is 10.3. The Balaban J connectivity index is 2.32. The van der Waals surface area contributed by atoms with Crippen molar-refractivity contribution in [1.82, 2.24) is 10.6 Å². The number of ether oxygens (including phenoxy) is 2. The highest BCUT2D eigenvalue weighted by atomic mass is 16.5. The van der Waals surface area contributed by atoms with Crippen LogP contribution in [0.25, 0.3) is 0 Å². The van der Waals surface area contributed by atoms with E-state index in [1.807, 2.05) is 24.3 Å². The second-order valence-corrected chi connectivity index (χ2v) is 5.88. The molecule has 118 valence electrons. The van der Waals surface area contributed by atoms with E-state index in [-0.39, 0.29) is 18.1 Å². The van der Waals surface area contributed by atoms with E-state index in [0.717, 1.165) is 6.54 Å². The van der Waals surface area contributed by atoms with E-state index in [0.29, 0.717) is 18.9 Å². The quantitative estimate of drug-likeness (QED) is 0.717. The number of amides is 1. The molecule has 21 heavy (non-hydrogen) atoms. The van der Waals surface area contributed by atoms with E-state index >= 15 is 0 Å². The van der Waals surface area contributed by atoms with Crippen molar-refractivity contribution in [2.45, 2.75) is 32.9 Å². The number of nitrogens with one attached hydrogen (secondary N) is 2. The van der Waals surface area contributed by atoms with Gasteiger partial charge in [0.1, 0.15) is 5.75 Å². The lowest BCUT2D eigenvalue weighted by Gasteiger charge is -2.20. The normalized spacial score (nSPS) is 11.2. The standard InChI is InChI=1S/C16H26N2O3/c1-16(2,3)18-11-13-5-7-14(8-6-13)21-12-15(19)17-9-10-20-4/h5-8,18H,9-12H2,1-4H3,(H,17,19). The zero-order valence-corrected chi connectivity index (χ0v) is 13.4. The zero-order valence-electron chi connectivity index (χ0n) is 13.4. The molecule has 5 nitrogen and oxygen atoms in total. The third-order valence-corrected chi connectivity index (χ3v) is 2.74. The lowest BCUT2D eigenvalue weighted by atomic mass is 10.1. The summed E-state index contributed by atoms with van der Waals surface area (Å²) in [5.41, 5.74) is 1.27. The van der Waals surface area contributed by atoms with Gasteiger partial charge >= 0.3 is 0 Å². The van der Waals surface area contributed by atoms with Crippen LogP contribution in [0, 0.1) is 0 Å². The molecule has 0 bridgehead atoms. The largest absolute Gasteiger partial charge is 0.484 e. The first kappa shape index (κ1) is 17.5. The molecule has 0 atom stereocenters. The van der Waals surface area contributed by atoms with Crippen LogP contribution in [0.2, 0.25) is 0 Å². The summed E-state index contributed by atoms with van der Waals surface area (Å²) in [6.45, 7) is 8.22. The van der Waals surface area contributed by atoms with Crippen LogP contribution < -0.4 is 15.4 Å². The summed E-state index contributed by atoms with van der Waals surface area (Å²) in [4.78, 5) is 11.5. The predicted octanol–water partition coefficient (Wildman–Crippen LogP) is 1.72. The van der Waals surface area contributed by atoms with E-state index in [1.165, 1.54) is 5.56 Å². The van der Waals surface area contributed by atoms with Crippen molar-refractivity contribution >= 4 is 5.91 Å². The van der Waals surface area contributed by atoms with E-state index in [2.05, 4.69) is 31.4 Å². The lowest BCUT2D eigenvalue weighted by molar-refractivity contribution is -0.123. The van der Waals surface area contributed by atoms with Crippen LogP contribution in [0.1, 0.15) is 26.3 Å². The van der Waals surface area contributed by atoms with Gasteiger partial charge in [-0.25, -0.2) is 0 Å². The smallest absolute Gasteiger partial charge is 0.258 e. The van der Waals surface area contributed by atoms with Gasteiger partial charge in [0.05, 0.1) is 6.61 Å². The molecular weight excluding hydrogens is 268 g/mol. The number of hydrogen-bond acceptors (Lipinski definition) is 4. The van der Waals surface area contributed by atoms with Gasteiger partial charge in [-0.05, 0) is 38.5 Å². The van der Waals surface area contributed by atoms with Gasteiger partial charge in [-0.2, -0.15) is 0 Å². The number of hydrogen-bond donors (Lipinski definition) is 2. The fourth-order valence-corrected chi connectivity index (χ4v) is 1.56. The van der Waals surface area contributed by atoms with Crippen LogP contribution in [0.5, 0.6) is 5.75 Å². The Morgan fingerprint density at radius 1 is 1.19 bits per heavy atom. The fourth-order valence-electron chi connectivity index (χ4n) is 1.56. The van der Waals surface area contributed by atoms with Crippen LogP contribution in [0.3, 0.4) is 0 Å². The highest BCUT2D eigenvalue weighted by molar-refractivity contribution is 5.77. The molecule has 0 unspecified atom stereocenters. The van der Waals surface area contributed by atoms with Crippen LogP contribution >= 0.6 is 0 Å². The Labute approximate surface area is 127 Å². The molecule has 0 saturated heterocycles. The molecule has 0 radical (unpaired) electrons. The molecule has 2 N–H and O–H groups in total. The van der Waals surface area contributed by atoms with Crippen LogP contribution in [0.4, 0.5) is 0 Å². The van der Waals surface area contributed by atoms with Crippen LogP contribution in [0.15, 0.2) is 24.3 Å². The predicted molar refractivity (Wildman–Crippen MR) is 83.4 cm³/mol. The summed E-state index contributed by atoms with van der Waals surface area (Å²) in [5.74, 6) is 0.543. The molecule has 0 heterocycles. The average molecular weight is 294 g/mol. The number of rotatable bonds is 8. The highest BCUT2D eigenvalue weighted by Crippen LogP contribution is 2.12. The molecule has 5 heteroatoms. The fraction of sp³-hybridized carbons (Fsp3) is 0.562. The first-order valence-corrected chi connectivity index (χ1v) is 7.13.